The van der Waals surface area contributed by atoms with Gasteiger partial charge in [-0.3, -0.25) is 0 Å². The van der Waals surface area contributed by atoms with Crippen LogP contribution in [0.4, 0.5) is 0 Å². The van der Waals surface area contributed by atoms with Gasteiger partial charge in [-0.2, -0.15) is 0 Å². The second-order valence-corrected chi connectivity index (χ2v) is 5.58. The summed E-state index contributed by atoms with van der Waals surface area (Å²) in [6.45, 7) is 0. The van der Waals surface area contributed by atoms with Gasteiger partial charge in [0.1, 0.15) is 0 Å². The summed E-state index contributed by atoms with van der Waals surface area (Å²) >= 11 is 0. The van der Waals surface area contributed by atoms with Gasteiger partial charge >= 0.3 is 0 Å². The first kappa shape index (κ1) is 5.61. The number of hydrogen-bond acceptors (Lipinski definition) is 0. The van der Waals surface area contributed by atoms with E-state index in [1.54, 1.807) is 32.1 Å². The first-order valence-electron chi connectivity index (χ1n) is 5.42. The van der Waals surface area contributed by atoms with Crippen LogP contribution < -0.4 is 0 Å². The molecule has 0 aromatic rings. The Balaban J connectivity index is 1.82. The molecule has 0 nitrogen and oxygen atoms in total. The van der Waals surface area contributed by atoms with Crippen molar-refractivity contribution in [2.24, 2.45) is 35.5 Å². The Morgan fingerprint density at radius 3 is 1.91 bits per heavy atom. The number of hydrogen-bond donors (Lipinski definition) is 0. The fraction of sp³-hybridized carbons (Fsp3) is 1.00. The molecule has 0 heteroatoms. The molecular weight excluding hydrogens is 133 g/mol. The van der Waals surface area contributed by atoms with Crippen molar-refractivity contribution in [1.82, 2.24) is 0 Å². The van der Waals surface area contributed by atoms with Crippen LogP contribution in [0.2, 0.25) is 0 Å². The Morgan fingerprint density at radius 1 is 0.636 bits per heavy atom. The van der Waals surface area contributed by atoms with Crippen LogP contribution in [-0.2, 0) is 0 Å². The minimum atomic E-state index is 1.19. The van der Waals surface area contributed by atoms with Gasteiger partial charge in [-0.25, -0.2) is 0 Å². The lowest BCUT2D eigenvalue weighted by Gasteiger charge is -2.40. The molecular formula is C11H16. The molecule has 4 saturated carbocycles. The van der Waals surface area contributed by atoms with Gasteiger partial charge in [0, 0.05) is 0 Å². The van der Waals surface area contributed by atoms with Gasteiger partial charge in [0.2, 0.25) is 0 Å². The lowest BCUT2D eigenvalue weighted by Crippen LogP contribution is -2.30. The molecule has 0 heterocycles. The summed E-state index contributed by atoms with van der Waals surface area (Å²) in [5.74, 6) is 7.33. The Morgan fingerprint density at radius 2 is 1.27 bits per heavy atom. The Bertz CT molecular complexity index is 176. The molecule has 4 aliphatic carbocycles. The zero-order valence-electron chi connectivity index (χ0n) is 7.00. The SMILES string of the molecule is C1[C@@H]2C[C@H]3C[C@H]1C[C@@H]1C3[13CH]1C2. The molecule has 0 aromatic heterocycles. The molecule has 60 valence electrons. The maximum Gasteiger partial charge on any atom is -0.0323 e. The molecule has 6 atom stereocenters. The van der Waals surface area contributed by atoms with E-state index >= 15 is 0 Å². The van der Waals surface area contributed by atoms with Crippen molar-refractivity contribution >= 4 is 0 Å². The first-order valence-corrected chi connectivity index (χ1v) is 5.42. The second-order valence-electron chi connectivity index (χ2n) is 5.58. The summed E-state index contributed by atoms with van der Waals surface area (Å²) in [6, 6.07) is 0. The molecule has 4 aliphatic rings. The summed E-state index contributed by atoms with van der Waals surface area (Å²) in [7, 11) is 0. The normalized spacial score (nSPS) is 69.8. The summed E-state index contributed by atoms with van der Waals surface area (Å²) in [5, 5.41) is 0. The van der Waals surface area contributed by atoms with Crippen LogP contribution in [0.5, 0.6) is 0 Å². The third-order valence-electron chi connectivity index (χ3n) is 5.09. The Labute approximate surface area is 68.4 Å². The van der Waals surface area contributed by atoms with E-state index in [4.69, 9.17) is 0 Å². The van der Waals surface area contributed by atoms with E-state index in [0.29, 0.717) is 0 Å². The predicted molar refractivity (Wildman–Crippen MR) is 44.0 cm³/mol. The highest BCUT2D eigenvalue weighted by Gasteiger charge is 2.62. The fourth-order valence-electron chi connectivity index (χ4n) is 4.92. The molecule has 0 saturated heterocycles. The van der Waals surface area contributed by atoms with Crippen LogP contribution in [0.15, 0.2) is 0 Å². The van der Waals surface area contributed by atoms with Crippen molar-refractivity contribution in [3.63, 3.8) is 0 Å². The van der Waals surface area contributed by atoms with Crippen molar-refractivity contribution in [1.29, 1.82) is 0 Å². The van der Waals surface area contributed by atoms with Gasteiger partial charge in [0.15, 0.2) is 0 Å². The van der Waals surface area contributed by atoms with E-state index in [9.17, 15) is 0 Å². The summed E-state index contributed by atoms with van der Waals surface area (Å²) in [4.78, 5) is 0. The monoisotopic (exact) mass is 149 g/mol. The summed E-state index contributed by atoms with van der Waals surface area (Å²) < 4.78 is 0. The summed E-state index contributed by atoms with van der Waals surface area (Å²) in [5.41, 5.74) is 0. The molecule has 2 unspecified atom stereocenters. The van der Waals surface area contributed by atoms with Crippen LogP contribution in [-0.4, -0.2) is 0 Å². The zero-order chi connectivity index (χ0) is 7.00. The third kappa shape index (κ3) is 0.554. The molecule has 11 heavy (non-hydrogen) atoms. The zero-order valence-corrected chi connectivity index (χ0v) is 7.00. The van der Waals surface area contributed by atoms with Crippen LogP contribution in [0.1, 0.15) is 32.1 Å². The molecule has 0 amide bonds. The van der Waals surface area contributed by atoms with E-state index < -0.39 is 0 Å². The number of fused-ring (bicyclic) bond motifs is 3. The van der Waals surface area contributed by atoms with Gasteiger partial charge < -0.3 is 0 Å². The Hall–Kier alpha value is 0. The van der Waals surface area contributed by atoms with E-state index in [-0.39, 0.29) is 0 Å². The van der Waals surface area contributed by atoms with Gasteiger partial charge in [0.25, 0.3) is 0 Å². The second kappa shape index (κ2) is 1.53. The molecule has 4 fully saturated rings. The van der Waals surface area contributed by atoms with E-state index in [1.165, 1.54) is 35.5 Å². The van der Waals surface area contributed by atoms with Crippen molar-refractivity contribution in [2.45, 2.75) is 32.1 Å². The van der Waals surface area contributed by atoms with Gasteiger partial charge in [-0.15, -0.1) is 0 Å². The molecule has 0 N–H and O–H groups in total. The van der Waals surface area contributed by atoms with Gasteiger partial charge in [-0.1, -0.05) is 0 Å². The predicted octanol–water partition coefficient (Wildman–Crippen LogP) is 2.69. The van der Waals surface area contributed by atoms with Crippen molar-refractivity contribution in [2.75, 3.05) is 0 Å². The molecule has 0 radical (unpaired) electrons. The van der Waals surface area contributed by atoms with Gasteiger partial charge in [-0.05, 0) is 67.6 Å². The maximum absolute atomic E-state index is 1.64. The minimum absolute atomic E-state index is 1.19. The molecule has 3 bridgehead atoms. The van der Waals surface area contributed by atoms with Crippen molar-refractivity contribution in [3.05, 3.63) is 0 Å². The average Bonchev–Trinajstić information content (AvgIpc) is 2.63. The molecule has 0 aromatic carbocycles. The molecule has 0 aliphatic heterocycles. The topological polar surface area (TPSA) is 0 Å². The highest BCUT2D eigenvalue weighted by atomic mass is 14.9. The van der Waals surface area contributed by atoms with Crippen molar-refractivity contribution in [3.8, 4) is 0 Å². The third-order valence-corrected chi connectivity index (χ3v) is 5.09. The van der Waals surface area contributed by atoms with Crippen LogP contribution in [0, 0.1) is 35.5 Å². The van der Waals surface area contributed by atoms with Crippen molar-refractivity contribution < 1.29 is 0 Å². The lowest BCUT2D eigenvalue weighted by atomic mass is 9.67. The van der Waals surface area contributed by atoms with E-state index in [0.717, 1.165) is 0 Å². The largest absolute Gasteiger partial charge is 0.0475 e. The summed E-state index contributed by atoms with van der Waals surface area (Å²) in [6.07, 6.45) is 8.17. The first-order chi connectivity index (χ1) is 5.42. The number of rotatable bonds is 0. The quantitative estimate of drug-likeness (QED) is 0.464. The van der Waals surface area contributed by atoms with E-state index in [2.05, 4.69) is 0 Å². The standard InChI is InChI=1S/C11H16/c1-6-2-8-3-7(1)5-10-9(4-6)11(8)10/h6-11H,1-5H2/t6-,7+,8+,9-,10?,11?/m0/s1/i9+1/t6-,7+,8+,9?,10+,11?/m1. The highest BCUT2D eigenvalue weighted by Crippen LogP contribution is 2.70. The smallest absolute Gasteiger partial charge is 0.0323 e. The molecule has 0 spiro atoms. The fourth-order valence-corrected chi connectivity index (χ4v) is 4.92. The minimum Gasteiger partial charge on any atom is -0.0475 e. The maximum atomic E-state index is 1.64. The average molecular weight is 149 g/mol. The van der Waals surface area contributed by atoms with E-state index in [1.807, 2.05) is 0 Å². The van der Waals surface area contributed by atoms with Gasteiger partial charge in [0.05, 0.1) is 0 Å². The lowest BCUT2D eigenvalue weighted by molar-refractivity contribution is 0.106. The van der Waals surface area contributed by atoms with Crippen LogP contribution in [0.3, 0.4) is 0 Å². The Kier molecular flexibility index (Phi) is 0.781. The van der Waals surface area contributed by atoms with Crippen LogP contribution >= 0.6 is 0 Å². The highest BCUT2D eigenvalue weighted by molar-refractivity contribution is 5.11. The van der Waals surface area contributed by atoms with Crippen LogP contribution in [0.25, 0.3) is 0 Å². The molecule has 4 rings (SSSR count).